The zero-order valence-corrected chi connectivity index (χ0v) is 9.32. The maximum atomic E-state index is 12.4. The van der Waals surface area contributed by atoms with Crippen LogP contribution in [0.4, 0.5) is 13.2 Å². The highest BCUT2D eigenvalue weighted by atomic mass is 79.9. The molecule has 0 bridgehead atoms. The van der Waals surface area contributed by atoms with Crippen LogP contribution in [0.25, 0.3) is 5.57 Å². The number of hydrogen-bond donors (Lipinski definition) is 1. The molecular formula is C10H9BrF3N. The second-order valence-corrected chi connectivity index (χ2v) is 3.95. The topological polar surface area (TPSA) is 26.0 Å². The van der Waals surface area contributed by atoms with Crippen molar-refractivity contribution in [3.05, 3.63) is 40.4 Å². The first-order valence-corrected chi connectivity index (χ1v) is 4.90. The van der Waals surface area contributed by atoms with Crippen LogP contribution in [-0.2, 0) is 6.18 Å². The lowest BCUT2D eigenvalue weighted by Gasteiger charge is -2.10. The molecule has 15 heavy (non-hydrogen) atoms. The molecule has 0 heterocycles. The van der Waals surface area contributed by atoms with Gasteiger partial charge >= 0.3 is 6.18 Å². The van der Waals surface area contributed by atoms with Crippen molar-refractivity contribution in [3.8, 4) is 0 Å². The summed E-state index contributed by atoms with van der Waals surface area (Å²) in [5, 5.41) is 0. The van der Waals surface area contributed by atoms with Gasteiger partial charge in [0, 0.05) is 11.0 Å². The van der Waals surface area contributed by atoms with Crippen molar-refractivity contribution in [3.63, 3.8) is 0 Å². The van der Waals surface area contributed by atoms with Crippen molar-refractivity contribution >= 4 is 21.5 Å². The van der Waals surface area contributed by atoms with Crippen molar-refractivity contribution in [2.24, 2.45) is 5.73 Å². The number of halogens is 4. The minimum absolute atomic E-state index is 0.133. The normalized spacial score (nSPS) is 11.5. The summed E-state index contributed by atoms with van der Waals surface area (Å²) in [6.45, 7) is 3.73. The van der Waals surface area contributed by atoms with E-state index in [4.69, 9.17) is 5.73 Å². The van der Waals surface area contributed by atoms with Gasteiger partial charge in [0.25, 0.3) is 0 Å². The van der Waals surface area contributed by atoms with Crippen LogP contribution in [0.15, 0.2) is 29.3 Å². The summed E-state index contributed by atoms with van der Waals surface area (Å²) in [6.07, 6.45) is -4.35. The van der Waals surface area contributed by atoms with Gasteiger partial charge in [-0.05, 0) is 29.3 Å². The van der Waals surface area contributed by atoms with Gasteiger partial charge in [0.1, 0.15) is 0 Å². The van der Waals surface area contributed by atoms with Gasteiger partial charge in [0.05, 0.1) is 5.56 Å². The molecule has 0 aliphatic rings. The molecule has 2 N–H and O–H groups in total. The van der Waals surface area contributed by atoms with Crippen LogP contribution in [0.1, 0.15) is 11.1 Å². The molecule has 82 valence electrons. The van der Waals surface area contributed by atoms with Gasteiger partial charge < -0.3 is 5.73 Å². The lowest BCUT2D eigenvalue weighted by Crippen LogP contribution is -2.07. The third-order valence-corrected chi connectivity index (χ3v) is 2.34. The molecule has 1 aromatic carbocycles. The molecule has 1 rings (SSSR count). The molecule has 0 aromatic heterocycles. The number of hydrogen-bond acceptors (Lipinski definition) is 1. The molecule has 0 fully saturated rings. The summed E-state index contributed by atoms with van der Waals surface area (Å²) in [5.74, 6) is 0. The smallest absolute Gasteiger partial charge is 0.326 e. The Balaban J connectivity index is 3.23. The number of nitrogens with two attached hydrogens (primary N) is 1. The summed E-state index contributed by atoms with van der Waals surface area (Å²) in [4.78, 5) is 0. The van der Waals surface area contributed by atoms with E-state index < -0.39 is 11.7 Å². The Kier molecular flexibility index (Phi) is 3.57. The zero-order valence-electron chi connectivity index (χ0n) is 7.74. The summed E-state index contributed by atoms with van der Waals surface area (Å²) in [5.41, 5.74) is 5.49. The van der Waals surface area contributed by atoms with Crippen molar-refractivity contribution in [2.45, 2.75) is 6.18 Å². The van der Waals surface area contributed by atoms with Crippen molar-refractivity contribution < 1.29 is 13.2 Å². The van der Waals surface area contributed by atoms with E-state index in [-0.39, 0.29) is 6.54 Å². The Morgan fingerprint density at radius 2 is 1.93 bits per heavy atom. The van der Waals surface area contributed by atoms with Crippen molar-refractivity contribution in [2.75, 3.05) is 6.54 Å². The Morgan fingerprint density at radius 1 is 1.33 bits per heavy atom. The third kappa shape index (κ3) is 3.07. The summed E-state index contributed by atoms with van der Waals surface area (Å²) in [6, 6.07) is 3.62. The van der Waals surface area contributed by atoms with Crippen molar-refractivity contribution in [1.29, 1.82) is 0 Å². The molecule has 0 aliphatic carbocycles. The standard InChI is InChI=1S/C10H9BrF3N/c1-6(5-15)7-2-8(10(12,13)14)4-9(11)3-7/h2-4H,1,5,15H2. The molecule has 5 heteroatoms. The largest absolute Gasteiger partial charge is 0.416 e. The van der Waals surface area contributed by atoms with E-state index in [1.807, 2.05) is 0 Å². The lowest BCUT2D eigenvalue weighted by molar-refractivity contribution is -0.137. The fourth-order valence-corrected chi connectivity index (χ4v) is 1.57. The molecule has 0 amide bonds. The van der Waals surface area contributed by atoms with Crippen LogP contribution >= 0.6 is 15.9 Å². The first-order chi connectivity index (χ1) is 6.84. The first-order valence-electron chi connectivity index (χ1n) is 4.10. The quantitative estimate of drug-likeness (QED) is 0.882. The van der Waals surface area contributed by atoms with Crippen LogP contribution in [0.2, 0.25) is 0 Å². The Morgan fingerprint density at radius 3 is 2.40 bits per heavy atom. The fourth-order valence-electron chi connectivity index (χ4n) is 1.08. The Labute approximate surface area is 93.9 Å². The van der Waals surface area contributed by atoms with Gasteiger partial charge in [0.2, 0.25) is 0 Å². The fraction of sp³-hybridized carbons (Fsp3) is 0.200. The van der Waals surface area contributed by atoms with E-state index in [1.165, 1.54) is 0 Å². The maximum Gasteiger partial charge on any atom is 0.416 e. The molecule has 0 atom stereocenters. The number of alkyl halides is 3. The molecule has 1 nitrogen and oxygen atoms in total. The molecule has 0 spiro atoms. The van der Waals surface area contributed by atoms with Gasteiger partial charge in [-0.25, -0.2) is 0 Å². The number of rotatable bonds is 2. The summed E-state index contributed by atoms with van der Waals surface area (Å²) >= 11 is 3.02. The molecule has 0 saturated heterocycles. The van der Waals surface area contributed by atoms with Crippen LogP contribution in [0.5, 0.6) is 0 Å². The molecular weight excluding hydrogens is 271 g/mol. The number of benzene rings is 1. The van der Waals surface area contributed by atoms with Crippen LogP contribution in [0.3, 0.4) is 0 Å². The van der Waals surface area contributed by atoms with Gasteiger partial charge in [0.15, 0.2) is 0 Å². The minimum Gasteiger partial charge on any atom is -0.326 e. The summed E-state index contributed by atoms with van der Waals surface area (Å²) < 4.78 is 37.7. The predicted octanol–water partition coefficient (Wildman–Crippen LogP) is 3.44. The predicted molar refractivity (Wildman–Crippen MR) is 57.2 cm³/mol. The molecule has 0 unspecified atom stereocenters. The monoisotopic (exact) mass is 279 g/mol. The lowest BCUT2D eigenvalue weighted by atomic mass is 10.0. The molecule has 0 radical (unpaired) electrons. The van der Waals surface area contributed by atoms with Crippen LogP contribution in [0, 0.1) is 0 Å². The zero-order chi connectivity index (χ0) is 11.6. The van der Waals surface area contributed by atoms with E-state index >= 15 is 0 Å². The second kappa shape index (κ2) is 4.37. The van der Waals surface area contributed by atoms with Crippen molar-refractivity contribution in [1.82, 2.24) is 0 Å². The average molecular weight is 280 g/mol. The highest BCUT2D eigenvalue weighted by Crippen LogP contribution is 2.33. The molecule has 0 aliphatic heterocycles. The SMILES string of the molecule is C=C(CN)c1cc(Br)cc(C(F)(F)F)c1. The Hall–Kier alpha value is -0.810. The van der Waals surface area contributed by atoms with E-state index in [1.54, 1.807) is 6.07 Å². The van der Waals surface area contributed by atoms with Gasteiger partial charge in [-0.1, -0.05) is 22.5 Å². The van der Waals surface area contributed by atoms with Gasteiger partial charge in [-0.2, -0.15) is 13.2 Å². The Bertz CT molecular complexity index is 385. The van der Waals surface area contributed by atoms with Gasteiger partial charge in [-0.3, -0.25) is 0 Å². The highest BCUT2D eigenvalue weighted by molar-refractivity contribution is 9.10. The van der Waals surface area contributed by atoms with E-state index in [0.29, 0.717) is 15.6 Å². The minimum atomic E-state index is -4.35. The van der Waals surface area contributed by atoms with Crippen LogP contribution < -0.4 is 5.73 Å². The van der Waals surface area contributed by atoms with Crippen LogP contribution in [-0.4, -0.2) is 6.54 Å². The van der Waals surface area contributed by atoms with Gasteiger partial charge in [-0.15, -0.1) is 0 Å². The second-order valence-electron chi connectivity index (χ2n) is 3.03. The highest BCUT2D eigenvalue weighted by Gasteiger charge is 2.31. The van der Waals surface area contributed by atoms with E-state index in [2.05, 4.69) is 22.5 Å². The molecule has 1 aromatic rings. The summed E-state index contributed by atoms with van der Waals surface area (Å²) in [7, 11) is 0. The third-order valence-electron chi connectivity index (χ3n) is 1.88. The van der Waals surface area contributed by atoms with E-state index in [0.717, 1.165) is 12.1 Å². The maximum absolute atomic E-state index is 12.4. The molecule has 0 saturated carbocycles. The van der Waals surface area contributed by atoms with E-state index in [9.17, 15) is 13.2 Å². The first kappa shape index (κ1) is 12.3. The average Bonchev–Trinajstić information content (AvgIpc) is 2.14.